The normalized spacial score (nSPS) is 18.4. The van der Waals surface area contributed by atoms with E-state index in [1.54, 1.807) is 22.8 Å². The second-order valence-corrected chi connectivity index (χ2v) is 11.4. The number of carbonyl (C=O) groups is 1. The molecule has 3 heterocycles. The van der Waals surface area contributed by atoms with Crippen LogP contribution in [0.1, 0.15) is 40.7 Å². The monoisotopic (exact) mass is 485 g/mol. The topological polar surface area (TPSA) is 86.7 Å². The number of rotatable bonds is 4. The molecular formula is C25H35N5O3S. The second-order valence-electron chi connectivity index (χ2n) is 9.49. The highest BCUT2D eigenvalue weighted by Crippen LogP contribution is 2.32. The molecule has 34 heavy (non-hydrogen) atoms. The van der Waals surface area contributed by atoms with E-state index in [4.69, 9.17) is 0 Å². The van der Waals surface area contributed by atoms with Gasteiger partial charge in [0.2, 0.25) is 21.9 Å². The van der Waals surface area contributed by atoms with Gasteiger partial charge >= 0.3 is 0 Å². The molecule has 8 nitrogen and oxygen atoms in total. The molecule has 0 bridgehead atoms. The van der Waals surface area contributed by atoms with E-state index >= 15 is 0 Å². The van der Waals surface area contributed by atoms with E-state index < -0.39 is 10.0 Å². The standard InChI is InChI=1S/C25H35N5O3S/c1-17-18(2)20(4)23(21(5)19(17)3)34(32,33)30-15-13-28(14-16-30)24(31)22-7-11-29(12-8-22)25-26-9-6-10-27-25/h6,9-10,22H,7-8,11-16H2,1-5H3. The van der Waals surface area contributed by atoms with Crippen LogP contribution in [0.25, 0.3) is 0 Å². The first-order valence-electron chi connectivity index (χ1n) is 12.0. The molecule has 0 unspecified atom stereocenters. The minimum absolute atomic E-state index is 0.0324. The quantitative estimate of drug-likeness (QED) is 0.662. The number of benzene rings is 1. The molecule has 4 rings (SSSR count). The highest BCUT2D eigenvalue weighted by Gasteiger charge is 2.35. The molecule has 2 aliphatic rings. The van der Waals surface area contributed by atoms with Gasteiger partial charge in [0.25, 0.3) is 0 Å². The smallest absolute Gasteiger partial charge is 0.243 e. The van der Waals surface area contributed by atoms with Crippen LogP contribution in [0.3, 0.4) is 0 Å². The molecule has 1 aromatic carbocycles. The molecular weight excluding hydrogens is 450 g/mol. The van der Waals surface area contributed by atoms with Crippen LogP contribution in [-0.4, -0.2) is 72.8 Å². The predicted molar refractivity (Wildman–Crippen MR) is 132 cm³/mol. The second kappa shape index (κ2) is 9.62. The maximum absolute atomic E-state index is 13.6. The van der Waals surface area contributed by atoms with E-state index in [2.05, 4.69) is 14.9 Å². The Hall–Kier alpha value is -2.52. The number of hydrogen-bond acceptors (Lipinski definition) is 6. The van der Waals surface area contributed by atoms with Crippen molar-refractivity contribution in [1.29, 1.82) is 0 Å². The van der Waals surface area contributed by atoms with Gasteiger partial charge in [-0.1, -0.05) is 0 Å². The summed E-state index contributed by atoms with van der Waals surface area (Å²) in [4.78, 5) is 26.2. The highest BCUT2D eigenvalue weighted by molar-refractivity contribution is 7.89. The Morgan fingerprint density at radius 2 is 1.29 bits per heavy atom. The van der Waals surface area contributed by atoms with Crippen LogP contribution in [-0.2, 0) is 14.8 Å². The minimum atomic E-state index is -3.62. The van der Waals surface area contributed by atoms with Gasteiger partial charge in [0.05, 0.1) is 4.90 Å². The van der Waals surface area contributed by atoms with Gasteiger partial charge in [-0.25, -0.2) is 18.4 Å². The highest BCUT2D eigenvalue weighted by atomic mass is 32.2. The number of amides is 1. The van der Waals surface area contributed by atoms with Crippen molar-refractivity contribution in [2.75, 3.05) is 44.2 Å². The van der Waals surface area contributed by atoms with Gasteiger partial charge in [-0.3, -0.25) is 4.79 Å². The van der Waals surface area contributed by atoms with Crippen molar-refractivity contribution < 1.29 is 13.2 Å². The number of hydrogen-bond donors (Lipinski definition) is 0. The third-order valence-corrected chi connectivity index (χ3v) is 9.93. The Balaban J connectivity index is 1.40. The first-order chi connectivity index (χ1) is 16.1. The molecule has 0 aliphatic carbocycles. The zero-order chi connectivity index (χ0) is 24.6. The van der Waals surface area contributed by atoms with Crippen molar-refractivity contribution in [3.8, 4) is 0 Å². The van der Waals surface area contributed by atoms with E-state index in [1.807, 2.05) is 39.5 Å². The molecule has 0 N–H and O–H groups in total. The number of piperidine rings is 1. The number of nitrogens with zero attached hydrogens (tertiary/aromatic N) is 5. The molecule has 1 amide bonds. The summed E-state index contributed by atoms with van der Waals surface area (Å²) in [5.41, 5.74) is 4.86. The summed E-state index contributed by atoms with van der Waals surface area (Å²) < 4.78 is 28.7. The first kappa shape index (κ1) is 24.6. The summed E-state index contributed by atoms with van der Waals surface area (Å²) in [6.07, 6.45) is 4.98. The summed E-state index contributed by atoms with van der Waals surface area (Å²) in [6.45, 7) is 12.8. The molecule has 0 spiro atoms. The van der Waals surface area contributed by atoms with Crippen LogP contribution < -0.4 is 4.90 Å². The fourth-order valence-electron chi connectivity index (χ4n) is 5.17. The Morgan fingerprint density at radius 1 is 0.794 bits per heavy atom. The molecule has 2 aliphatic heterocycles. The van der Waals surface area contributed by atoms with Gasteiger partial charge in [-0.05, 0) is 81.3 Å². The molecule has 1 aromatic heterocycles. The Bertz CT molecular complexity index is 1140. The van der Waals surface area contributed by atoms with Crippen molar-refractivity contribution in [1.82, 2.24) is 19.2 Å². The zero-order valence-electron chi connectivity index (χ0n) is 20.8. The number of sulfonamides is 1. The van der Waals surface area contributed by atoms with Crippen molar-refractivity contribution in [3.05, 3.63) is 46.3 Å². The van der Waals surface area contributed by atoms with Crippen molar-refractivity contribution >= 4 is 21.9 Å². The average Bonchev–Trinajstić information content (AvgIpc) is 2.86. The summed E-state index contributed by atoms with van der Waals surface area (Å²) in [5.74, 6) is 0.814. The predicted octanol–water partition coefficient (Wildman–Crippen LogP) is 2.77. The third-order valence-electron chi connectivity index (χ3n) is 7.76. The van der Waals surface area contributed by atoms with E-state index in [1.165, 1.54) is 0 Å². The molecule has 184 valence electrons. The molecule has 2 fully saturated rings. The van der Waals surface area contributed by atoms with Crippen LogP contribution in [0.2, 0.25) is 0 Å². The van der Waals surface area contributed by atoms with E-state index in [9.17, 15) is 13.2 Å². The van der Waals surface area contributed by atoms with Gasteiger partial charge in [0.1, 0.15) is 0 Å². The van der Waals surface area contributed by atoms with Gasteiger partial charge in [-0.2, -0.15) is 4.31 Å². The molecule has 0 radical (unpaired) electrons. The van der Waals surface area contributed by atoms with E-state index in [-0.39, 0.29) is 11.8 Å². The maximum Gasteiger partial charge on any atom is 0.243 e. The lowest BCUT2D eigenvalue weighted by atomic mass is 9.95. The fraction of sp³-hybridized carbons (Fsp3) is 0.560. The Labute approximate surface area is 203 Å². The number of carbonyl (C=O) groups excluding carboxylic acids is 1. The van der Waals surface area contributed by atoms with E-state index in [0.717, 1.165) is 53.7 Å². The summed E-state index contributed by atoms with van der Waals surface area (Å²) in [7, 11) is -3.62. The molecule has 0 atom stereocenters. The SMILES string of the molecule is Cc1c(C)c(C)c(S(=O)(=O)N2CCN(C(=O)C3CCN(c4ncccn4)CC3)CC2)c(C)c1C. The van der Waals surface area contributed by atoms with E-state index in [0.29, 0.717) is 37.0 Å². The summed E-state index contributed by atoms with van der Waals surface area (Å²) in [5, 5.41) is 0. The molecule has 9 heteroatoms. The lowest BCUT2D eigenvalue weighted by Gasteiger charge is -2.38. The fourth-order valence-corrected chi connectivity index (χ4v) is 7.15. The Kier molecular flexibility index (Phi) is 6.96. The lowest BCUT2D eigenvalue weighted by Crippen LogP contribution is -2.53. The van der Waals surface area contributed by atoms with Gasteiger partial charge in [-0.15, -0.1) is 0 Å². The van der Waals surface area contributed by atoms with Crippen molar-refractivity contribution in [2.45, 2.75) is 52.4 Å². The number of piperazine rings is 1. The summed E-state index contributed by atoms with van der Waals surface area (Å²) >= 11 is 0. The third kappa shape index (κ3) is 4.43. The summed E-state index contributed by atoms with van der Waals surface area (Å²) in [6, 6.07) is 1.80. The van der Waals surface area contributed by atoms with Crippen LogP contribution >= 0.6 is 0 Å². The zero-order valence-corrected chi connectivity index (χ0v) is 21.7. The lowest BCUT2D eigenvalue weighted by molar-refractivity contribution is -0.137. The molecule has 2 aromatic rings. The van der Waals surface area contributed by atoms with Gasteiger partial charge in [0, 0.05) is 57.6 Å². The largest absolute Gasteiger partial charge is 0.341 e. The number of aromatic nitrogens is 2. The minimum Gasteiger partial charge on any atom is -0.341 e. The van der Waals surface area contributed by atoms with Gasteiger partial charge < -0.3 is 9.80 Å². The maximum atomic E-state index is 13.6. The molecule has 2 saturated heterocycles. The molecule has 0 saturated carbocycles. The van der Waals surface area contributed by atoms with Gasteiger partial charge in [0.15, 0.2) is 0 Å². The van der Waals surface area contributed by atoms with Crippen LogP contribution in [0.5, 0.6) is 0 Å². The average molecular weight is 486 g/mol. The van der Waals surface area contributed by atoms with Crippen LogP contribution in [0, 0.1) is 40.5 Å². The van der Waals surface area contributed by atoms with Crippen molar-refractivity contribution in [3.63, 3.8) is 0 Å². The van der Waals surface area contributed by atoms with Crippen LogP contribution in [0.4, 0.5) is 5.95 Å². The number of anilines is 1. The van der Waals surface area contributed by atoms with Crippen LogP contribution in [0.15, 0.2) is 23.4 Å². The Morgan fingerprint density at radius 3 is 1.82 bits per heavy atom. The van der Waals surface area contributed by atoms with Crippen molar-refractivity contribution in [2.24, 2.45) is 5.92 Å². The first-order valence-corrected chi connectivity index (χ1v) is 13.4.